The highest BCUT2D eigenvalue weighted by Crippen LogP contribution is 2.24. The van der Waals surface area contributed by atoms with E-state index < -0.39 is 0 Å². The number of morpholine rings is 1. The van der Waals surface area contributed by atoms with Gasteiger partial charge in [-0.3, -0.25) is 4.79 Å². The summed E-state index contributed by atoms with van der Waals surface area (Å²) in [6, 6.07) is 13.4. The van der Waals surface area contributed by atoms with E-state index in [1.807, 2.05) is 28.0 Å². The molecule has 4 rings (SSSR count). The van der Waals surface area contributed by atoms with E-state index in [2.05, 4.69) is 30.1 Å². The molecule has 2 aromatic carbocycles. The highest BCUT2D eigenvalue weighted by Gasteiger charge is 2.29. The van der Waals surface area contributed by atoms with Crippen molar-refractivity contribution in [1.82, 2.24) is 14.7 Å². The van der Waals surface area contributed by atoms with Crippen LogP contribution in [0.4, 0.5) is 10.5 Å². The molecule has 0 saturated carbocycles. The molecule has 0 radical (unpaired) electrons. The van der Waals surface area contributed by atoms with Gasteiger partial charge < -0.3 is 24.8 Å². The normalized spacial score (nSPS) is 16.9. The van der Waals surface area contributed by atoms with Gasteiger partial charge in [0.2, 0.25) is 0 Å². The Hall–Kier alpha value is -2.03. The van der Waals surface area contributed by atoms with E-state index in [1.165, 1.54) is 5.56 Å². The first kappa shape index (κ1) is 32.5. The molecule has 1 atom stereocenters. The smallest absolute Gasteiger partial charge is 0.320 e. The number of nitrogens with one attached hydrogen (secondary N) is 1. The lowest BCUT2D eigenvalue weighted by atomic mass is 9.95. The first-order valence-corrected chi connectivity index (χ1v) is 14.8. The van der Waals surface area contributed by atoms with Crippen LogP contribution < -0.4 is 5.32 Å². The molecule has 2 aliphatic rings. The number of ether oxygens (including phenoxy) is 1. The molecule has 0 aliphatic carbocycles. The van der Waals surface area contributed by atoms with Crippen molar-refractivity contribution in [3.8, 4) is 0 Å². The van der Waals surface area contributed by atoms with Crippen LogP contribution in [0.3, 0.4) is 0 Å². The number of hydrogen-bond acceptors (Lipinski definition) is 4. The minimum absolute atomic E-state index is 0. The molecule has 7 nitrogen and oxygen atoms in total. The lowest BCUT2D eigenvalue weighted by Crippen LogP contribution is -2.51. The maximum absolute atomic E-state index is 12.8. The van der Waals surface area contributed by atoms with Crippen molar-refractivity contribution in [3.63, 3.8) is 0 Å². The molecule has 2 heterocycles. The molecule has 2 fully saturated rings. The molecule has 2 saturated heterocycles. The van der Waals surface area contributed by atoms with Gasteiger partial charge in [0.15, 0.2) is 0 Å². The number of anilines is 1. The van der Waals surface area contributed by atoms with Gasteiger partial charge in [0.1, 0.15) is 0 Å². The molecule has 220 valence electrons. The predicted molar refractivity (Wildman–Crippen MR) is 165 cm³/mol. The van der Waals surface area contributed by atoms with Crippen molar-refractivity contribution in [3.05, 3.63) is 63.6 Å². The fourth-order valence-corrected chi connectivity index (χ4v) is 6.03. The summed E-state index contributed by atoms with van der Waals surface area (Å²) in [5, 5.41) is 3.83. The number of likely N-dealkylation sites (tertiary alicyclic amines) is 1. The number of halogens is 3. The first-order chi connectivity index (χ1) is 18.8. The van der Waals surface area contributed by atoms with Crippen LogP contribution in [0.5, 0.6) is 0 Å². The second kappa shape index (κ2) is 15.8. The number of piperidine rings is 1. The summed E-state index contributed by atoms with van der Waals surface area (Å²) in [6.45, 7) is 10.9. The molecule has 40 heavy (non-hydrogen) atoms. The van der Waals surface area contributed by atoms with Gasteiger partial charge in [-0.15, -0.1) is 12.4 Å². The Kier molecular flexibility index (Phi) is 12.9. The van der Waals surface area contributed by atoms with E-state index in [4.69, 9.17) is 27.9 Å². The van der Waals surface area contributed by atoms with Gasteiger partial charge in [-0.1, -0.05) is 42.3 Å². The van der Waals surface area contributed by atoms with Crippen LogP contribution in [-0.2, 0) is 11.2 Å². The number of urea groups is 1. The second-order valence-electron chi connectivity index (χ2n) is 10.7. The van der Waals surface area contributed by atoms with Crippen LogP contribution in [-0.4, -0.2) is 85.2 Å². The topological polar surface area (TPSA) is 65.1 Å². The summed E-state index contributed by atoms with van der Waals surface area (Å²) >= 11 is 12.1. The van der Waals surface area contributed by atoms with Crippen molar-refractivity contribution in [2.45, 2.75) is 45.6 Å². The van der Waals surface area contributed by atoms with Gasteiger partial charge >= 0.3 is 6.03 Å². The molecule has 3 amide bonds. The van der Waals surface area contributed by atoms with E-state index in [0.29, 0.717) is 53.9 Å². The second-order valence-corrected chi connectivity index (χ2v) is 11.5. The fraction of sp³-hybridized carbons (Fsp3) is 0.533. The van der Waals surface area contributed by atoms with E-state index in [0.717, 1.165) is 57.5 Å². The summed E-state index contributed by atoms with van der Waals surface area (Å²) in [5.41, 5.74) is 2.36. The van der Waals surface area contributed by atoms with E-state index in [-0.39, 0.29) is 24.3 Å². The largest absolute Gasteiger partial charge is 0.378 e. The Morgan fingerprint density at radius 3 is 2.33 bits per heavy atom. The number of nitrogens with zero attached hydrogens (tertiary/aromatic N) is 3. The Bertz CT molecular complexity index is 1100. The number of benzene rings is 2. The molecule has 10 heteroatoms. The minimum atomic E-state index is -0.240. The van der Waals surface area contributed by atoms with Gasteiger partial charge in [-0.2, -0.15) is 0 Å². The number of carbonyl (C=O) groups excluding carboxylic acids is 2. The predicted octanol–water partition coefficient (Wildman–Crippen LogP) is 6.47. The highest BCUT2D eigenvalue weighted by molar-refractivity contribution is 6.35. The lowest BCUT2D eigenvalue weighted by Gasteiger charge is -2.39. The van der Waals surface area contributed by atoms with Crippen molar-refractivity contribution < 1.29 is 14.3 Å². The maximum Gasteiger partial charge on any atom is 0.320 e. The van der Waals surface area contributed by atoms with Crippen LogP contribution in [0, 0.1) is 5.92 Å². The van der Waals surface area contributed by atoms with Crippen molar-refractivity contribution in [2.24, 2.45) is 5.92 Å². The maximum atomic E-state index is 12.8. The van der Waals surface area contributed by atoms with Gasteiger partial charge in [-0.05, 0) is 81.0 Å². The molecular formula is C30H41Cl3N4O3. The minimum Gasteiger partial charge on any atom is -0.378 e. The monoisotopic (exact) mass is 610 g/mol. The lowest BCUT2D eigenvalue weighted by molar-refractivity contribution is 0.0386. The van der Waals surface area contributed by atoms with Gasteiger partial charge in [-0.25, -0.2) is 4.79 Å². The number of carbonyl (C=O) groups is 2. The summed E-state index contributed by atoms with van der Waals surface area (Å²) in [5.74, 6) is 0.346. The Labute approximate surface area is 254 Å². The van der Waals surface area contributed by atoms with Crippen LogP contribution in [0.15, 0.2) is 42.5 Å². The third-order valence-electron chi connectivity index (χ3n) is 7.63. The first-order valence-electron chi connectivity index (χ1n) is 14.0. The van der Waals surface area contributed by atoms with Crippen molar-refractivity contribution >= 4 is 53.2 Å². The summed E-state index contributed by atoms with van der Waals surface area (Å²) in [4.78, 5) is 32.1. The summed E-state index contributed by atoms with van der Waals surface area (Å²) < 4.78 is 5.39. The van der Waals surface area contributed by atoms with Gasteiger partial charge in [0.25, 0.3) is 5.91 Å². The van der Waals surface area contributed by atoms with Crippen LogP contribution in [0.1, 0.15) is 49.0 Å². The van der Waals surface area contributed by atoms with Crippen LogP contribution >= 0.6 is 35.6 Å². The quantitative estimate of drug-likeness (QED) is 0.353. The molecule has 2 aromatic rings. The average molecular weight is 612 g/mol. The number of amides is 3. The Morgan fingerprint density at radius 2 is 1.68 bits per heavy atom. The van der Waals surface area contributed by atoms with E-state index in [9.17, 15) is 9.59 Å². The van der Waals surface area contributed by atoms with Gasteiger partial charge in [0, 0.05) is 60.1 Å². The standard InChI is InChI=1S/C30H40Cl2N4O3.ClH/c1-3-9-36(21-23-7-10-34(11-8-23)30(38)35-12-14-39-15-13-35)22(2)16-24-5-4-6-28(17-24)33-29(37)25-18-26(31)20-27(32)19-25;/h4-6,17-20,22-23H,3,7-16,21H2,1-2H3,(H,33,37);1H. The van der Waals surface area contributed by atoms with Crippen LogP contribution in [0.2, 0.25) is 10.0 Å². The molecule has 2 aliphatic heterocycles. The molecule has 0 spiro atoms. The Morgan fingerprint density at radius 1 is 1.02 bits per heavy atom. The SMILES string of the molecule is CCCN(CC1CCN(C(=O)N2CCOCC2)CC1)C(C)Cc1cccc(NC(=O)c2cc(Cl)cc(Cl)c2)c1.Cl. The zero-order valence-corrected chi connectivity index (χ0v) is 25.7. The van der Waals surface area contributed by atoms with Gasteiger partial charge in [0.05, 0.1) is 13.2 Å². The summed E-state index contributed by atoms with van der Waals surface area (Å²) in [6.07, 6.45) is 4.06. The summed E-state index contributed by atoms with van der Waals surface area (Å²) in [7, 11) is 0. The molecular weight excluding hydrogens is 571 g/mol. The molecule has 1 unspecified atom stereocenters. The Balaban J connectivity index is 0.00000441. The third-order valence-corrected chi connectivity index (χ3v) is 8.07. The van der Waals surface area contributed by atoms with E-state index in [1.54, 1.807) is 18.2 Å². The zero-order valence-electron chi connectivity index (χ0n) is 23.4. The molecule has 1 N–H and O–H groups in total. The third kappa shape index (κ3) is 9.25. The van der Waals surface area contributed by atoms with Crippen molar-refractivity contribution in [1.29, 1.82) is 0 Å². The number of rotatable bonds is 9. The zero-order chi connectivity index (χ0) is 27.8. The average Bonchev–Trinajstić information content (AvgIpc) is 2.93. The fourth-order valence-electron chi connectivity index (χ4n) is 5.51. The molecule has 0 bridgehead atoms. The van der Waals surface area contributed by atoms with Crippen molar-refractivity contribution in [2.75, 3.05) is 57.8 Å². The number of hydrogen-bond donors (Lipinski definition) is 1. The molecule has 0 aromatic heterocycles. The highest BCUT2D eigenvalue weighted by atomic mass is 35.5. The van der Waals surface area contributed by atoms with Crippen LogP contribution in [0.25, 0.3) is 0 Å². The van der Waals surface area contributed by atoms with E-state index >= 15 is 0 Å².